The van der Waals surface area contributed by atoms with Crippen LogP contribution in [-0.4, -0.2) is 32.9 Å². The van der Waals surface area contributed by atoms with Crippen molar-refractivity contribution < 1.29 is 57.6 Å². The van der Waals surface area contributed by atoms with E-state index >= 15 is 0 Å². The molecule has 1 radical (unpaired) electrons. The van der Waals surface area contributed by atoms with Crippen molar-refractivity contribution in [3.8, 4) is 0 Å². The SMILES string of the molecule is CC(=O)CC(=O)C(O)(O)O.[Y]. The predicted octanol–water partition coefficient (Wildman–Crippen LogP) is -1.84. The number of rotatable bonds is 3. The first-order valence-electron chi connectivity index (χ1n) is 2.54. The summed E-state index contributed by atoms with van der Waals surface area (Å²) in [5.41, 5.74) is 0. The normalized spacial score (nSPS) is 10.2. The van der Waals surface area contributed by atoms with Gasteiger partial charge in [0.2, 0.25) is 5.78 Å². The number of hydrogen-bond acceptors (Lipinski definition) is 5. The summed E-state index contributed by atoms with van der Waals surface area (Å²) < 4.78 is 0. The number of hydrogen-bond donors (Lipinski definition) is 3. The van der Waals surface area contributed by atoms with Gasteiger partial charge in [-0.2, -0.15) is 0 Å². The van der Waals surface area contributed by atoms with Gasteiger partial charge in [0.05, 0.1) is 6.42 Å². The largest absolute Gasteiger partial charge is 0.339 e. The molecule has 0 amide bonds. The minimum absolute atomic E-state index is 0. The van der Waals surface area contributed by atoms with Gasteiger partial charge in [0.25, 0.3) is 0 Å². The maximum Gasteiger partial charge on any atom is 0.339 e. The standard InChI is InChI=1S/C5H8O5.Y/c1-3(6)2-4(7)5(8,9)10;/h8-10H,2H2,1H3;. The van der Waals surface area contributed by atoms with Crippen LogP contribution in [0.25, 0.3) is 0 Å². The van der Waals surface area contributed by atoms with Crippen molar-refractivity contribution in [2.75, 3.05) is 0 Å². The summed E-state index contributed by atoms with van der Waals surface area (Å²) in [6, 6.07) is 0. The molecule has 11 heavy (non-hydrogen) atoms. The average Bonchev–Trinajstić information content (AvgIpc) is 1.60. The second-order valence-electron chi connectivity index (χ2n) is 1.94. The first-order valence-corrected chi connectivity index (χ1v) is 2.54. The molecule has 61 valence electrons. The van der Waals surface area contributed by atoms with E-state index in [1.165, 1.54) is 0 Å². The molecule has 3 N–H and O–H groups in total. The van der Waals surface area contributed by atoms with E-state index in [1.807, 2.05) is 0 Å². The predicted molar refractivity (Wildman–Crippen MR) is 29.7 cm³/mol. The Balaban J connectivity index is 0. The van der Waals surface area contributed by atoms with Crippen LogP contribution in [0, 0.1) is 0 Å². The monoisotopic (exact) mass is 237 g/mol. The zero-order chi connectivity index (χ0) is 8.36. The Morgan fingerprint density at radius 2 is 1.64 bits per heavy atom. The fraction of sp³-hybridized carbons (Fsp3) is 0.600. The summed E-state index contributed by atoms with van der Waals surface area (Å²) in [7, 11) is 0. The van der Waals surface area contributed by atoms with Crippen LogP contribution in [0.2, 0.25) is 0 Å². The van der Waals surface area contributed by atoms with Gasteiger partial charge in [-0.3, -0.25) is 9.59 Å². The molecule has 0 aromatic carbocycles. The molecule has 0 aliphatic rings. The third kappa shape index (κ3) is 6.71. The van der Waals surface area contributed by atoms with Crippen LogP contribution < -0.4 is 0 Å². The summed E-state index contributed by atoms with van der Waals surface area (Å²) in [6.45, 7) is 1.10. The van der Waals surface area contributed by atoms with Crippen molar-refractivity contribution >= 4 is 11.6 Å². The second-order valence-corrected chi connectivity index (χ2v) is 1.94. The molecular formula is C5H8O5Y. The Morgan fingerprint density at radius 3 is 1.73 bits per heavy atom. The molecule has 0 bridgehead atoms. The van der Waals surface area contributed by atoms with Gasteiger partial charge in [-0.1, -0.05) is 0 Å². The molecule has 0 unspecified atom stereocenters. The summed E-state index contributed by atoms with van der Waals surface area (Å²) in [5, 5.41) is 24.4. The van der Waals surface area contributed by atoms with Crippen LogP contribution in [0.1, 0.15) is 13.3 Å². The Hall–Kier alpha value is 0.324. The summed E-state index contributed by atoms with van der Waals surface area (Å²) in [6.07, 6.45) is -0.677. The molecule has 0 atom stereocenters. The molecule has 6 heteroatoms. The van der Waals surface area contributed by atoms with Gasteiger partial charge in [-0.05, 0) is 6.92 Å². The number of ketones is 2. The Kier molecular flexibility index (Phi) is 6.38. The maximum absolute atomic E-state index is 10.3. The van der Waals surface area contributed by atoms with E-state index in [0.717, 1.165) is 6.92 Å². The molecule has 0 aliphatic carbocycles. The summed E-state index contributed by atoms with van der Waals surface area (Å²) in [4.78, 5) is 20.5. The number of carbonyl (C=O) groups excluding carboxylic acids is 2. The topological polar surface area (TPSA) is 94.8 Å². The molecule has 5 nitrogen and oxygen atoms in total. The quantitative estimate of drug-likeness (QED) is 0.396. The molecule has 0 saturated carbocycles. The minimum atomic E-state index is -3.37. The number of Topliss-reactive ketones (excluding diaryl/α,β-unsaturated/α-hetero) is 2. The Morgan fingerprint density at radius 1 is 1.27 bits per heavy atom. The molecule has 0 saturated heterocycles. The number of aliphatic hydroxyl groups is 3. The van der Waals surface area contributed by atoms with Crippen LogP contribution in [-0.2, 0) is 42.3 Å². The molecule has 0 aliphatic heterocycles. The molecule has 0 rings (SSSR count). The van der Waals surface area contributed by atoms with Gasteiger partial charge in [0.1, 0.15) is 5.78 Å². The van der Waals surface area contributed by atoms with E-state index in [1.54, 1.807) is 0 Å². The van der Waals surface area contributed by atoms with Crippen molar-refractivity contribution in [1.29, 1.82) is 0 Å². The molecule has 0 heterocycles. The smallest absolute Gasteiger partial charge is 0.337 e. The summed E-state index contributed by atoms with van der Waals surface area (Å²) in [5.74, 6) is -5.22. The van der Waals surface area contributed by atoms with Gasteiger partial charge in [-0.15, -0.1) is 0 Å². The van der Waals surface area contributed by atoms with Crippen molar-refractivity contribution in [2.24, 2.45) is 0 Å². The van der Waals surface area contributed by atoms with Crippen molar-refractivity contribution in [2.45, 2.75) is 19.3 Å². The minimum Gasteiger partial charge on any atom is -0.337 e. The van der Waals surface area contributed by atoms with Crippen LogP contribution in [0.15, 0.2) is 0 Å². The van der Waals surface area contributed by atoms with Crippen molar-refractivity contribution in [3.63, 3.8) is 0 Å². The van der Waals surface area contributed by atoms with Crippen molar-refractivity contribution in [3.05, 3.63) is 0 Å². The van der Waals surface area contributed by atoms with Crippen LogP contribution >= 0.6 is 0 Å². The molecule has 0 spiro atoms. The van der Waals surface area contributed by atoms with Gasteiger partial charge < -0.3 is 15.3 Å². The van der Waals surface area contributed by atoms with Gasteiger partial charge >= 0.3 is 5.97 Å². The first-order chi connectivity index (χ1) is 4.34. The molecular weight excluding hydrogens is 229 g/mol. The molecule has 0 aromatic heterocycles. The number of carbonyl (C=O) groups is 2. The van der Waals surface area contributed by atoms with E-state index in [4.69, 9.17) is 15.3 Å². The average molecular weight is 237 g/mol. The zero-order valence-corrected chi connectivity index (χ0v) is 8.78. The maximum atomic E-state index is 10.3. The summed E-state index contributed by atoms with van der Waals surface area (Å²) >= 11 is 0. The molecule has 0 fully saturated rings. The van der Waals surface area contributed by atoms with E-state index in [0.29, 0.717) is 0 Å². The van der Waals surface area contributed by atoms with Gasteiger partial charge in [0.15, 0.2) is 0 Å². The van der Waals surface area contributed by atoms with E-state index in [2.05, 4.69) is 0 Å². The van der Waals surface area contributed by atoms with Crippen LogP contribution in [0.3, 0.4) is 0 Å². The fourth-order valence-corrected chi connectivity index (χ4v) is 0.345. The van der Waals surface area contributed by atoms with Crippen LogP contribution in [0.4, 0.5) is 0 Å². The second kappa shape index (κ2) is 5.06. The molecule has 0 aromatic rings. The Labute approximate surface area is 88.3 Å². The van der Waals surface area contributed by atoms with Crippen LogP contribution in [0.5, 0.6) is 0 Å². The van der Waals surface area contributed by atoms with Gasteiger partial charge in [0, 0.05) is 32.7 Å². The Bertz CT molecular complexity index is 159. The van der Waals surface area contributed by atoms with E-state index in [-0.39, 0.29) is 32.7 Å². The zero-order valence-electron chi connectivity index (χ0n) is 5.94. The third-order valence-corrected chi connectivity index (χ3v) is 0.784. The first kappa shape index (κ1) is 13.9. The van der Waals surface area contributed by atoms with E-state index < -0.39 is 24.0 Å². The fourth-order valence-electron chi connectivity index (χ4n) is 0.345. The van der Waals surface area contributed by atoms with E-state index in [9.17, 15) is 9.59 Å². The van der Waals surface area contributed by atoms with Gasteiger partial charge in [-0.25, -0.2) is 0 Å². The third-order valence-electron chi connectivity index (χ3n) is 0.784. The van der Waals surface area contributed by atoms with Crippen molar-refractivity contribution in [1.82, 2.24) is 0 Å².